The van der Waals surface area contributed by atoms with Crippen LogP contribution in [0.15, 0.2) is 53.8 Å². The van der Waals surface area contributed by atoms with E-state index in [2.05, 4.69) is 25.5 Å². The molecule has 1 aromatic carbocycles. The van der Waals surface area contributed by atoms with Crippen LogP contribution in [0.3, 0.4) is 0 Å². The van der Waals surface area contributed by atoms with E-state index in [4.69, 9.17) is 4.74 Å². The average Bonchev–Trinajstić information content (AvgIpc) is 3.19. The molecular formula is C19H14F2N6O4S. The van der Waals surface area contributed by atoms with E-state index in [1.807, 2.05) is 4.72 Å². The van der Waals surface area contributed by atoms with Gasteiger partial charge < -0.3 is 10.1 Å². The number of hydrogen-bond donors (Lipinski definition) is 3. The number of pyridine rings is 2. The number of carbonyl (C=O) groups is 1. The molecule has 0 fully saturated rings. The fraction of sp³-hybridized carbons (Fsp3) is 0.0526. The van der Waals surface area contributed by atoms with Crippen molar-refractivity contribution >= 4 is 38.3 Å². The summed E-state index contributed by atoms with van der Waals surface area (Å²) in [4.78, 5) is 20.3. The molecule has 0 aliphatic carbocycles. The van der Waals surface area contributed by atoms with E-state index in [1.165, 1.54) is 43.8 Å². The van der Waals surface area contributed by atoms with Crippen LogP contribution in [0.2, 0.25) is 0 Å². The number of nitrogens with one attached hydrogen (secondary N) is 3. The molecule has 3 heterocycles. The molecule has 1 amide bonds. The summed E-state index contributed by atoms with van der Waals surface area (Å²) in [5, 5.41) is 8.89. The van der Waals surface area contributed by atoms with Gasteiger partial charge in [0.2, 0.25) is 5.88 Å². The van der Waals surface area contributed by atoms with Gasteiger partial charge in [-0.25, -0.2) is 18.7 Å². The highest BCUT2D eigenvalue weighted by Crippen LogP contribution is 2.26. The van der Waals surface area contributed by atoms with Crippen molar-refractivity contribution in [1.82, 2.24) is 20.2 Å². The minimum atomic E-state index is -4.27. The first-order valence-corrected chi connectivity index (χ1v) is 10.4. The van der Waals surface area contributed by atoms with Gasteiger partial charge in [-0.05, 0) is 30.3 Å². The van der Waals surface area contributed by atoms with Crippen LogP contribution in [-0.4, -0.2) is 41.6 Å². The summed E-state index contributed by atoms with van der Waals surface area (Å²) < 4.78 is 61.1. The lowest BCUT2D eigenvalue weighted by Gasteiger charge is -2.12. The Labute approximate surface area is 179 Å². The highest BCUT2D eigenvalue weighted by molar-refractivity contribution is 7.92. The lowest BCUT2D eigenvalue weighted by molar-refractivity contribution is 0.101. The number of hydrogen-bond acceptors (Lipinski definition) is 7. The third-order valence-corrected chi connectivity index (χ3v) is 5.59. The van der Waals surface area contributed by atoms with Crippen LogP contribution in [0.1, 0.15) is 10.4 Å². The minimum absolute atomic E-state index is 0.112. The number of benzene rings is 1. The van der Waals surface area contributed by atoms with Gasteiger partial charge in [0.25, 0.3) is 15.9 Å². The van der Waals surface area contributed by atoms with Gasteiger partial charge >= 0.3 is 0 Å². The number of anilines is 2. The van der Waals surface area contributed by atoms with E-state index in [1.54, 1.807) is 0 Å². The lowest BCUT2D eigenvalue weighted by atomic mass is 10.1. The van der Waals surface area contributed by atoms with E-state index in [-0.39, 0.29) is 16.6 Å². The first-order chi connectivity index (χ1) is 15.3. The molecule has 10 nitrogen and oxygen atoms in total. The summed E-state index contributed by atoms with van der Waals surface area (Å²) >= 11 is 0. The molecule has 0 radical (unpaired) electrons. The number of carbonyl (C=O) groups excluding carboxylic acids is 1. The summed E-state index contributed by atoms with van der Waals surface area (Å²) in [5.74, 6) is -3.51. The van der Waals surface area contributed by atoms with Crippen LogP contribution in [-0.2, 0) is 10.0 Å². The summed E-state index contributed by atoms with van der Waals surface area (Å²) in [6.45, 7) is 0. The maximum absolute atomic E-state index is 15.0. The maximum atomic E-state index is 15.0. The van der Waals surface area contributed by atoms with Crippen molar-refractivity contribution in [2.75, 3.05) is 17.1 Å². The number of amides is 1. The fourth-order valence-electron chi connectivity index (χ4n) is 2.84. The molecular weight excluding hydrogens is 446 g/mol. The van der Waals surface area contributed by atoms with E-state index in [0.717, 1.165) is 12.1 Å². The number of methoxy groups -OCH3 is 1. The van der Waals surface area contributed by atoms with Crippen molar-refractivity contribution in [3.63, 3.8) is 0 Å². The highest BCUT2D eigenvalue weighted by Gasteiger charge is 2.24. The van der Waals surface area contributed by atoms with Crippen LogP contribution < -0.4 is 14.8 Å². The second-order valence-electron chi connectivity index (χ2n) is 6.36. The van der Waals surface area contributed by atoms with Gasteiger partial charge in [0.1, 0.15) is 11.4 Å². The predicted octanol–water partition coefficient (Wildman–Crippen LogP) is 2.69. The average molecular weight is 460 g/mol. The smallest absolute Gasteiger partial charge is 0.279 e. The summed E-state index contributed by atoms with van der Waals surface area (Å²) in [5.41, 5.74) is -1.11. The van der Waals surface area contributed by atoms with Crippen molar-refractivity contribution in [3.8, 4) is 5.88 Å². The monoisotopic (exact) mass is 460 g/mol. The Balaban J connectivity index is 1.64. The molecule has 0 saturated carbocycles. The quantitative estimate of drug-likeness (QED) is 0.402. The Morgan fingerprint density at radius 3 is 2.69 bits per heavy atom. The molecule has 3 N–H and O–H groups in total. The molecule has 0 spiro atoms. The Morgan fingerprint density at radius 1 is 1.16 bits per heavy atom. The van der Waals surface area contributed by atoms with Crippen LogP contribution in [0.25, 0.3) is 11.0 Å². The number of H-pyrrole nitrogens is 1. The third kappa shape index (κ3) is 3.92. The van der Waals surface area contributed by atoms with Gasteiger partial charge in [0.05, 0.1) is 30.1 Å². The van der Waals surface area contributed by atoms with Crippen molar-refractivity contribution < 1.29 is 26.7 Å². The third-order valence-electron chi connectivity index (χ3n) is 4.31. The molecule has 0 aliphatic rings. The number of aromatic nitrogens is 4. The minimum Gasteiger partial charge on any atom is -0.479 e. The molecule has 0 bridgehead atoms. The number of nitrogens with zero attached hydrogens (tertiary/aromatic N) is 3. The zero-order valence-corrected chi connectivity index (χ0v) is 17.1. The standard InChI is InChI=1S/C19H14F2N6O4S/c1-31-19-11-8-10(9-23-17(11)25-26-19)24-18(28)15-12(20)5-6-13(16(15)21)27-32(29,30)14-4-2-3-7-22-14/h2-9,27H,1H3,(H,24,28)(H,23,25,26). The SMILES string of the molecule is COc1n[nH]c2ncc(NC(=O)c3c(F)ccc(NS(=O)(=O)c4ccccn4)c3F)cc12. The zero-order valence-electron chi connectivity index (χ0n) is 16.3. The van der Waals surface area contributed by atoms with Gasteiger partial charge in [0, 0.05) is 6.20 Å². The lowest BCUT2D eigenvalue weighted by Crippen LogP contribution is -2.20. The Hall–Kier alpha value is -4.13. The number of fused-ring (bicyclic) bond motifs is 1. The maximum Gasteiger partial charge on any atom is 0.279 e. The van der Waals surface area contributed by atoms with Crippen LogP contribution in [0.5, 0.6) is 5.88 Å². The predicted molar refractivity (Wildman–Crippen MR) is 110 cm³/mol. The summed E-state index contributed by atoms with van der Waals surface area (Å²) in [6.07, 6.45) is 2.50. The Kier molecular flexibility index (Phi) is 5.40. The number of aromatic amines is 1. The molecule has 0 unspecified atom stereocenters. The van der Waals surface area contributed by atoms with E-state index in [9.17, 15) is 22.0 Å². The van der Waals surface area contributed by atoms with Crippen LogP contribution in [0, 0.1) is 11.6 Å². The van der Waals surface area contributed by atoms with Crippen LogP contribution in [0.4, 0.5) is 20.2 Å². The normalized spacial score (nSPS) is 11.3. The Morgan fingerprint density at radius 2 is 1.97 bits per heavy atom. The first kappa shape index (κ1) is 21.1. The highest BCUT2D eigenvalue weighted by atomic mass is 32.2. The molecule has 4 aromatic rings. The second kappa shape index (κ2) is 8.19. The van der Waals surface area contributed by atoms with E-state index < -0.39 is 38.8 Å². The number of halogens is 2. The summed E-state index contributed by atoms with van der Waals surface area (Å²) in [7, 11) is -2.87. The first-order valence-electron chi connectivity index (χ1n) is 8.91. The Bertz CT molecular complexity index is 1430. The van der Waals surface area contributed by atoms with E-state index >= 15 is 0 Å². The molecule has 0 atom stereocenters. The van der Waals surface area contributed by atoms with Crippen molar-refractivity contribution in [3.05, 3.63) is 66.0 Å². The van der Waals surface area contributed by atoms with Crippen molar-refractivity contribution in [1.29, 1.82) is 0 Å². The van der Waals surface area contributed by atoms with Crippen LogP contribution >= 0.6 is 0 Å². The molecule has 13 heteroatoms. The van der Waals surface area contributed by atoms with Crippen molar-refractivity contribution in [2.45, 2.75) is 5.03 Å². The second-order valence-corrected chi connectivity index (χ2v) is 7.99. The fourth-order valence-corrected chi connectivity index (χ4v) is 3.85. The van der Waals surface area contributed by atoms with Gasteiger partial charge in [-0.3, -0.25) is 14.6 Å². The number of sulfonamides is 1. The molecule has 164 valence electrons. The number of rotatable bonds is 6. The molecule has 32 heavy (non-hydrogen) atoms. The molecule has 3 aromatic heterocycles. The number of ether oxygens (including phenoxy) is 1. The summed E-state index contributed by atoms with van der Waals surface area (Å²) in [6, 6.07) is 7.23. The molecule has 0 aliphatic heterocycles. The largest absolute Gasteiger partial charge is 0.479 e. The molecule has 4 rings (SSSR count). The topological polar surface area (TPSA) is 139 Å². The van der Waals surface area contributed by atoms with Gasteiger partial charge in [-0.15, -0.1) is 5.10 Å². The zero-order chi connectivity index (χ0) is 22.9. The van der Waals surface area contributed by atoms with Gasteiger partial charge in [0.15, 0.2) is 16.5 Å². The van der Waals surface area contributed by atoms with E-state index in [0.29, 0.717) is 11.0 Å². The van der Waals surface area contributed by atoms with Gasteiger partial charge in [-0.2, -0.15) is 8.42 Å². The van der Waals surface area contributed by atoms with Crippen molar-refractivity contribution in [2.24, 2.45) is 0 Å². The molecule has 0 saturated heterocycles. The van der Waals surface area contributed by atoms with Gasteiger partial charge in [-0.1, -0.05) is 6.07 Å².